The van der Waals surface area contributed by atoms with Crippen LogP contribution in [0.3, 0.4) is 0 Å². The average molecular weight is 478 g/mol. The summed E-state index contributed by atoms with van der Waals surface area (Å²) in [5.74, 6) is 0. The van der Waals surface area contributed by atoms with E-state index >= 15 is 0 Å². The van der Waals surface area contributed by atoms with E-state index in [1.165, 1.54) is 0 Å². The van der Waals surface area contributed by atoms with Crippen LogP contribution in [0.2, 0.25) is 0 Å². The normalized spacial score (nSPS) is 6.80. The zero-order valence-corrected chi connectivity index (χ0v) is 15.3. The average Bonchev–Trinajstić information content (AvgIpc) is 1.69. The summed E-state index contributed by atoms with van der Waals surface area (Å²) in [6.07, 6.45) is 0.430. The molecule has 0 aliphatic rings. The van der Waals surface area contributed by atoms with Gasteiger partial charge in [0.1, 0.15) is 8.16 Å². The van der Waals surface area contributed by atoms with Crippen LogP contribution in [0.1, 0.15) is 6.42 Å². The Hall–Kier alpha value is 3.39. The van der Waals surface area contributed by atoms with Crippen molar-refractivity contribution in [3.63, 3.8) is 0 Å². The first kappa shape index (κ1) is 23.3. The second-order valence-corrected chi connectivity index (χ2v) is 1.74. The molecule has 0 aromatic heterocycles. The van der Waals surface area contributed by atoms with E-state index in [-0.39, 0.29) is 107 Å². The van der Waals surface area contributed by atoms with E-state index in [2.05, 4.69) is 4.52 Å². The van der Waals surface area contributed by atoms with Crippen molar-refractivity contribution in [2.24, 2.45) is 0 Å². The van der Waals surface area contributed by atoms with Crippen LogP contribution in [0.15, 0.2) is 0 Å². The smallest absolute Gasteiger partial charge is 0.110 e. The predicted octanol–water partition coefficient (Wildman–Crippen LogP) is 1.66. The van der Waals surface area contributed by atoms with Crippen LogP contribution in [0.5, 0.6) is 0 Å². The van der Waals surface area contributed by atoms with Crippen molar-refractivity contribution >= 4 is 19.4 Å². The zero-order chi connectivity index (χ0) is 5.54. The summed E-state index contributed by atoms with van der Waals surface area (Å²) in [5, 5.41) is 7.92. The summed E-state index contributed by atoms with van der Waals surface area (Å²) < 4.78 is 4.64. The van der Waals surface area contributed by atoms with Gasteiger partial charge in [0.25, 0.3) is 0 Å². The van der Waals surface area contributed by atoms with Gasteiger partial charge in [0, 0.05) is 99.1 Å². The number of rotatable bonds is 3. The molecule has 10 heavy (non-hydrogen) atoms. The van der Waals surface area contributed by atoms with Crippen LogP contribution < -0.4 is 0 Å². The van der Waals surface area contributed by atoms with E-state index in [1.54, 1.807) is 0 Å². The van der Waals surface area contributed by atoms with Crippen molar-refractivity contribution in [2.45, 2.75) is 6.42 Å². The Kier molecular flexibility index (Phi) is 53.2. The summed E-state index contributed by atoms with van der Waals surface area (Å²) in [6, 6.07) is 1.92. The molecule has 2 nitrogen and oxygen atoms in total. The van der Waals surface area contributed by atoms with Crippen molar-refractivity contribution in [1.82, 2.24) is 0 Å². The van der Waals surface area contributed by atoms with Crippen LogP contribution in [-0.2, 0) is 21.0 Å². The molecule has 0 aliphatic heterocycles. The minimum absolute atomic E-state index is 0. The molecule has 1 unspecified atom stereocenters. The fourth-order valence-electron chi connectivity index (χ4n) is 0.135. The van der Waals surface area contributed by atoms with Gasteiger partial charge in [0.15, 0.2) is 0 Å². The maximum Gasteiger partial charge on any atom is 0.110 e. The monoisotopic (exact) mass is 477 g/mol. The molecule has 0 saturated carbocycles. The Morgan fingerprint density at radius 2 is 2.00 bits per heavy atom. The first-order chi connectivity index (χ1) is 3.41. The molecular formula is C3H5ClNNiOPPr2. The van der Waals surface area contributed by atoms with Gasteiger partial charge in [-0.25, -0.2) is 0 Å². The Morgan fingerprint density at radius 3 is 2.30 bits per heavy atom. The van der Waals surface area contributed by atoms with Gasteiger partial charge >= 0.3 is 0 Å². The third-order valence-electron chi connectivity index (χ3n) is 0.370. The van der Waals surface area contributed by atoms with Gasteiger partial charge in [-0.1, -0.05) is 11.2 Å². The Labute approximate surface area is 144 Å². The van der Waals surface area contributed by atoms with E-state index in [1.807, 2.05) is 6.07 Å². The van der Waals surface area contributed by atoms with Gasteiger partial charge in [0.2, 0.25) is 0 Å². The van der Waals surface area contributed by atoms with Crippen molar-refractivity contribution in [3.05, 3.63) is 0 Å². The molecule has 2 radical (unpaired) electrons. The molecule has 7 heteroatoms. The molecule has 0 N–H and O–H groups in total. The van der Waals surface area contributed by atoms with Gasteiger partial charge in [0.05, 0.1) is 19.1 Å². The molecule has 0 aliphatic carbocycles. The molecule has 0 bridgehead atoms. The SMILES string of the molecule is N#CCCOPCl.[Ni].[Pr].[Pr]. The second-order valence-electron chi connectivity index (χ2n) is 0.834. The molecule has 0 aromatic carbocycles. The fraction of sp³-hybridized carbons (Fsp3) is 0.667. The number of hydrogen-bond acceptors (Lipinski definition) is 2. The number of hydrogen-bond donors (Lipinski definition) is 0. The molecular weight excluding hydrogens is 473 g/mol. The predicted molar refractivity (Wildman–Crippen MR) is 30.3 cm³/mol. The van der Waals surface area contributed by atoms with Crippen molar-refractivity contribution in [3.8, 4) is 6.07 Å². The van der Waals surface area contributed by atoms with Crippen LogP contribution >= 0.6 is 19.4 Å². The molecule has 0 rings (SSSR count). The molecule has 0 saturated heterocycles. The van der Waals surface area contributed by atoms with Gasteiger partial charge in [-0.05, 0) is 0 Å². The Bertz CT molecular complexity index is 83.4. The molecule has 0 fully saturated rings. The minimum Gasteiger partial charge on any atom is -0.345 e. The van der Waals surface area contributed by atoms with Gasteiger partial charge in [-0.2, -0.15) is 5.26 Å². The number of nitrogens with zero attached hydrogens (tertiary/aromatic N) is 1. The minimum atomic E-state index is -0.0113. The summed E-state index contributed by atoms with van der Waals surface area (Å²) in [4.78, 5) is 0. The molecule has 56 valence electrons. The quantitative estimate of drug-likeness (QED) is 0.352. The molecule has 0 spiro atoms. The number of nitriles is 1. The summed E-state index contributed by atoms with van der Waals surface area (Å²) in [6.45, 7) is 0.457. The zero-order valence-electron chi connectivity index (χ0n) is 5.12. The van der Waals surface area contributed by atoms with E-state index < -0.39 is 0 Å². The maximum absolute atomic E-state index is 7.92. The third-order valence-corrected chi connectivity index (χ3v) is 1.01. The largest absolute Gasteiger partial charge is 0.345 e. The third kappa shape index (κ3) is 22.5. The number of halogens is 1. The Balaban J connectivity index is -0.0000000600. The molecule has 0 amide bonds. The van der Waals surface area contributed by atoms with E-state index in [0.29, 0.717) is 13.0 Å². The Morgan fingerprint density at radius 1 is 1.50 bits per heavy atom. The van der Waals surface area contributed by atoms with Crippen LogP contribution in [0.4, 0.5) is 0 Å². The maximum atomic E-state index is 7.92. The van der Waals surface area contributed by atoms with E-state index in [9.17, 15) is 0 Å². The van der Waals surface area contributed by atoms with E-state index in [4.69, 9.17) is 16.5 Å². The van der Waals surface area contributed by atoms with Gasteiger partial charge in [-0.15, -0.1) is 0 Å². The first-order valence-electron chi connectivity index (χ1n) is 1.76. The van der Waals surface area contributed by atoms with Crippen molar-refractivity contribution in [1.29, 1.82) is 5.26 Å². The summed E-state index contributed by atoms with van der Waals surface area (Å²) in [5.41, 5.74) is 0. The molecule has 1 atom stereocenters. The molecule has 0 aromatic rings. The van der Waals surface area contributed by atoms with Crippen LogP contribution in [-0.4, -0.2) is 6.61 Å². The summed E-state index contributed by atoms with van der Waals surface area (Å²) >= 11 is 5.13. The van der Waals surface area contributed by atoms with Gasteiger partial charge < -0.3 is 4.52 Å². The topological polar surface area (TPSA) is 33.0 Å². The molecule has 0 heterocycles. The fourth-order valence-corrected chi connectivity index (χ4v) is 0.546. The van der Waals surface area contributed by atoms with Crippen molar-refractivity contribution < 1.29 is 104 Å². The van der Waals surface area contributed by atoms with Crippen molar-refractivity contribution in [2.75, 3.05) is 6.61 Å². The summed E-state index contributed by atoms with van der Waals surface area (Å²) in [7, 11) is -0.0113. The first-order valence-corrected chi connectivity index (χ1v) is 3.68. The van der Waals surface area contributed by atoms with Gasteiger partial charge in [-0.3, -0.25) is 0 Å². The van der Waals surface area contributed by atoms with Crippen LogP contribution in [0, 0.1) is 93.9 Å². The van der Waals surface area contributed by atoms with Crippen LogP contribution in [0.25, 0.3) is 0 Å². The second kappa shape index (κ2) is 22.8. The van der Waals surface area contributed by atoms with E-state index in [0.717, 1.165) is 0 Å². The standard InChI is InChI=1S/C3H5ClNOP.Ni.2Pr/c4-7-6-3-1-2-5;;;/h7H,1,3H2;;;.